The fourth-order valence-electron chi connectivity index (χ4n) is 2.55. The molecule has 0 heterocycles. The molecule has 3 nitrogen and oxygen atoms in total. The van der Waals surface area contributed by atoms with Crippen LogP contribution in [0.4, 0.5) is 0 Å². The Labute approximate surface area is 87.3 Å². The van der Waals surface area contributed by atoms with Crippen LogP contribution >= 0.6 is 0 Å². The Morgan fingerprint density at radius 1 is 1.29 bits per heavy atom. The summed E-state index contributed by atoms with van der Waals surface area (Å²) in [4.78, 5) is 2.21. The minimum Gasteiger partial charge on any atom is -0.395 e. The van der Waals surface area contributed by atoms with Crippen molar-refractivity contribution in [3.8, 4) is 0 Å². The van der Waals surface area contributed by atoms with Gasteiger partial charge >= 0.3 is 0 Å². The fraction of sp³-hybridized carbons (Fsp3) is 1.00. The number of nitrogens with zero attached hydrogens (tertiary/aromatic N) is 1. The van der Waals surface area contributed by atoms with E-state index in [0.29, 0.717) is 5.41 Å². The van der Waals surface area contributed by atoms with Gasteiger partial charge in [0.2, 0.25) is 0 Å². The van der Waals surface area contributed by atoms with Crippen LogP contribution in [-0.4, -0.2) is 43.3 Å². The maximum absolute atomic E-state index is 8.85. The van der Waals surface area contributed by atoms with Crippen LogP contribution in [0, 0.1) is 5.41 Å². The van der Waals surface area contributed by atoms with Crippen molar-refractivity contribution in [1.82, 2.24) is 4.90 Å². The summed E-state index contributed by atoms with van der Waals surface area (Å²) >= 11 is 0. The van der Waals surface area contributed by atoms with Gasteiger partial charge in [-0.2, -0.15) is 0 Å². The maximum Gasteiger partial charge on any atom is 0.0558 e. The molecular formula is C11H24N2O. The van der Waals surface area contributed by atoms with E-state index >= 15 is 0 Å². The third-order valence-corrected chi connectivity index (χ3v) is 3.43. The molecule has 0 aromatic heterocycles. The molecule has 0 bridgehead atoms. The Kier molecular flexibility index (Phi) is 4.85. The van der Waals surface area contributed by atoms with Gasteiger partial charge in [0, 0.05) is 13.1 Å². The predicted molar refractivity (Wildman–Crippen MR) is 59.2 cm³/mol. The summed E-state index contributed by atoms with van der Waals surface area (Å²) in [7, 11) is 2.07. The minimum absolute atomic E-state index is 0.247. The lowest BCUT2D eigenvalue weighted by molar-refractivity contribution is 0.113. The first-order valence-corrected chi connectivity index (χ1v) is 5.72. The van der Waals surface area contributed by atoms with Gasteiger partial charge in [0.15, 0.2) is 0 Å². The van der Waals surface area contributed by atoms with Crippen molar-refractivity contribution in [3.05, 3.63) is 0 Å². The number of aliphatic hydroxyl groups excluding tert-OH is 1. The second-order valence-electron chi connectivity index (χ2n) is 4.73. The molecular weight excluding hydrogens is 176 g/mol. The van der Waals surface area contributed by atoms with Gasteiger partial charge < -0.3 is 15.7 Å². The second-order valence-corrected chi connectivity index (χ2v) is 4.73. The highest BCUT2D eigenvalue weighted by Gasteiger charge is 2.31. The number of nitrogens with two attached hydrogens (primary N) is 1. The van der Waals surface area contributed by atoms with Crippen LogP contribution in [0.2, 0.25) is 0 Å². The highest BCUT2D eigenvalue weighted by atomic mass is 16.3. The van der Waals surface area contributed by atoms with Crippen LogP contribution in [-0.2, 0) is 0 Å². The molecule has 0 atom stereocenters. The van der Waals surface area contributed by atoms with E-state index in [9.17, 15) is 0 Å². The van der Waals surface area contributed by atoms with Gasteiger partial charge in [0.05, 0.1) is 6.61 Å². The van der Waals surface area contributed by atoms with Crippen LogP contribution in [0.25, 0.3) is 0 Å². The monoisotopic (exact) mass is 200 g/mol. The Balaban J connectivity index is 2.42. The molecule has 0 unspecified atom stereocenters. The topological polar surface area (TPSA) is 49.5 Å². The van der Waals surface area contributed by atoms with Crippen molar-refractivity contribution in [1.29, 1.82) is 0 Å². The van der Waals surface area contributed by atoms with Crippen molar-refractivity contribution in [2.45, 2.75) is 32.1 Å². The lowest BCUT2D eigenvalue weighted by Gasteiger charge is -2.39. The Bertz CT molecular complexity index is 155. The Hall–Kier alpha value is -0.120. The van der Waals surface area contributed by atoms with Gasteiger partial charge in [-0.3, -0.25) is 0 Å². The summed E-state index contributed by atoms with van der Waals surface area (Å²) < 4.78 is 0. The van der Waals surface area contributed by atoms with E-state index in [1.807, 2.05) is 0 Å². The number of hydrogen-bond acceptors (Lipinski definition) is 3. The standard InChI is InChI=1S/C11H24N2O/c1-13(7-8-14)10-11(9-12)5-3-2-4-6-11/h14H,2-10,12H2,1H3. The molecule has 1 saturated carbocycles. The molecule has 1 fully saturated rings. The van der Waals surface area contributed by atoms with Gasteiger partial charge in [-0.25, -0.2) is 0 Å². The van der Waals surface area contributed by atoms with Crippen LogP contribution in [0.1, 0.15) is 32.1 Å². The lowest BCUT2D eigenvalue weighted by Crippen LogP contribution is -2.43. The highest BCUT2D eigenvalue weighted by Crippen LogP contribution is 2.35. The van der Waals surface area contributed by atoms with Crippen molar-refractivity contribution in [2.24, 2.45) is 11.1 Å². The number of hydrogen-bond donors (Lipinski definition) is 2. The van der Waals surface area contributed by atoms with Crippen LogP contribution in [0.15, 0.2) is 0 Å². The zero-order valence-electron chi connectivity index (χ0n) is 9.34. The van der Waals surface area contributed by atoms with E-state index in [2.05, 4.69) is 11.9 Å². The summed E-state index contributed by atoms with van der Waals surface area (Å²) in [6, 6.07) is 0. The van der Waals surface area contributed by atoms with Crippen molar-refractivity contribution in [2.75, 3.05) is 33.3 Å². The molecule has 84 valence electrons. The minimum atomic E-state index is 0.247. The zero-order valence-corrected chi connectivity index (χ0v) is 9.34. The predicted octanol–water partition coefficient (Wildman–Crippen LogP) is 0.820. The maximum atomic E-state index is 8.85. The van der Waals surface area contributed by atoms with E-state index < -0.39 is 0 Å². The Morgan fingerprint density at radius 3 is 2.43 bits per heavy atom. The van der Waals surface area contributed by atoms with E-state index in [0.717, 1.165) is 19.6 Å². The van der Waals surface area contributed by atoms with E-state index in [-0.39, 0.29) is 6.61 Å². The molecule has 0 aromatic rings. The fourth-order valence-corrected chi connectivity index (χ4v) is 2.55. The molecule has 3 heteroatoms. The summed E-state index contributed by atoms with van der Waals surface area (Å²) in [6.45, 7) is 2.85. The van der Waals surface area contributed by atoms with Crippen molar-refractivity contribution < 1.29 is 5.11 Å². The Morgan fingerprint density at radius 2 is 1.93 bits per heavy atom. The van der Waals surface area contributed by atoms with Gasteiger partial charge in [-0.15, -0.1) is 0 Å². The summed E-state index contributed by atoms with van der Waals surface area (Å²) in [5.74, 6) is 0. The molecule has 3 N–H and O–H groups in total. The smallest absolute Gasteiger partial charge is 0.0558 e. The number of likely N-dealkylation sites (N-methyl/N-ethyl adjacent to an activating group) is 1. The normalized spacial score (nSPS) is 21.4. The van der Waals surface area contributed by atoms with Gasteiger partial charge in [-0.1, -0.05) is 19.3 Å². The lowest BCUT2D eigenvalue weighted by atomic mass is 9.74. The molecule has 0 spiro atoms. The molecule has 0 saturated heterocycles. The largest absolute Gasteiger partial charge is 0.395 e. The molecule has 1 rings (SSSR count). The highest BCUT2D eigenvalue weighted by molar-refractivity contribution is 4.86. The third kappa shape index (κ3) is 3.23. The number of aliphatic hydroxyl groups is 1. The summed E-state index contributed by atoms with van der Waals surface area (Å²) in [6.07, 6.45) is 6.54. The zero-order chi connectivity index (χ0) is 10.4. The summed E-state index contributed by atoms with van der Waals surface area (Å²) in [5, 5.41) is 8.85. The van der Waals surface area contributed by atoms with E-state index in [4.69, 9.17) is 10.8 Å². The third-order valence-electron chi connectivity index (χ3n) is 3.43. The molecule has 1 aliphatic rings. The molecule has 14 heavy (non-hydrogen) atoms. The van der Waals surface area contributed by atoms with Gasteiger partial charge in [-0.05, 0) is 31.8 Å². The van der Waals surface area contributed by atoms with E-state index in [1.54, 1.807) is 0 Å². The first-order valence-electron chi connectivity index (χ1n) is 5.72. The molecule has 1 aliphatic carbocycles. The first-order chi connectivity index (χ1) is 6.72. The average Bonchev–Trinajstić information content (AvgIpc) is 2.19. The number of rotatable bonds is 5. The van der Waals surface area contributed by atoms with Crippen molar-refractivity contribution in [3.63, 3.8) is 0 Å². The van der Waals surface area contributed by atoms with Gasteiger partial charge in [0.1, 0.15) is 0 Å². The molecule has 0 radical (unpaired) electrons. The van der Waals surface area contributed by atoms with Crippen molar-refractivity contribution >= 4 is 0 Å². The van der Waals surface area contributed by atoms with Crippen LogP contribution in [0.5, 0.6) is 0 Å². The van der Waals surface area contributed by atoms with E-state index in [1.165, 1.54) is 32.1 Å². The van der Waals surface area contributed by atoms with Crippen LogP contribution < -0.4 is 5.73 Å². The summed E-state index contributed by atoms with van der Waals surface area (Å²) in [5.41, 5.74) is 6.23. The SMILES string of the molecule is CN(CCO)CC1(CN)CCCCC1. The molecule has 0 amide bonds. The second kappa shape index (κ2) is 5.69. The molecule has 0 aliphatic heterocycles. The average molecular weight is 200 g/mol. The quantitative estimate of drug-likeness (QED) is 0.691. The van der Waals surface area contributed by atoms with Gasteiger partial charge in [0.25, 0.3) is 0 Å². The van der Waals surface area contributed by atoms with Crippen LogP contribution in [0.3, 0.4) is 0 Å². The first kappa shape index (κ1) is 12.0. The molecule has 0 aromatic carbocycles.